The van der Waals surface area contributed by atoms with Crippen LogP contribution in [0.15, 0.2) is 11.1 Å². The summed E-state index contributed by atoms with van der Waals surface area (Å²) in [5, 5.41) is 18.1. The van der Waals surface area contributed by atoms with Gasteiger partial charge in [0.05, 0.1) is 11.8 Å². The van der Waals surface area contributed by atoms with E-state index < -0.39 is 11.9 Å². The molecule has 0 aromatic heterocycles. The standard InChI is InChI=1S/C12H14O4/c13-11(14)6-3-7-5-1-9(8(7)4-6)10(2-5)12(15)16/h5-7,10H,1-4H2,(H,13,14)(H,15,16). The van der Waals surface area contributed by atoms with E-state index in [-0.39, 0.29) is 11.8 Å². The van der Waals surface area contributed by atoms with Crippen LogP contribution < -0.4 is 0 Å². The molecule has 0 amide bonds. The topological polar surface area (TPSA) is 74.6 Å². The second-order valence-corrected chi connectivity index (χ2v) is 5.22. The summed E-state index contributed by atoms with van der Waals surface area (Å²) in [6, 6.07) is 0. The lowest BCUT2D eigenvalue weighted by atomic mass is 9.84. The van der Waals surface area contributed by atoms with E-state index >= 15 is 0 Å². The van der Waals surface area contributed by atoms with Crippen LogP contribution in [-0.4, -0.2) is 22.2 Å². The van der Waals surface area contributed by atoms with Gasteiger partial charge in [0.2, 0.25) is 0 Å². The maximum Gasteiger partial charge on any atom is 0.310 e. The molecule has 3 rings (SSSR count). The minimum absolute atomic E-state index is 0.273. The molecule has 2 bridgehead atoms. The minimum atomic E-state index is -0.734. The lowest BCUT2D eigenvalue weighted by molar-refractivity contribution is -0.142. The summed E-state index contributed by atoms with van der Waals surface area (Å²) in [5.74, 6) is -1.26. The molecule has 3 aliphatic carbocycles. The molecule has 4 unspecified atom stereocenters. The van der Waals surface area contributed by atoms with Crippen LogP contribution in [0.3, 0.4) is 0 Å². The van der Waals surface area contributed by atoms with Crippen molar-refractivity contribution in [3.8, 4) is 0 Å². The number of carboxylic acid groups (broad SMARTS) is 2. The quantitative estimate of drug-likeness (QED) is 0.694. The Morgan fingerprint density at radius 3 is 2.38 bits per heavy atom. The van der Waals surface area contributed by atoms with Gasteiger partial charge in [-0.15, -0.1) is 0 Å². The van der Waals surface area contributed by atoms with E-state index in [9.17, 15) is 9.59 Å². The van der Waals surface area contributed by atoms with E-state index in [2.05, 4.69) is 0 Å². The SMILES string of the molecule is O=C(O)C1CC2=C3CC(CC3C(=O)O)C2C1. The van der Waals surface area contributed by atoms with Gasteiger partial charge in [-0.3, -0.25) is 9.59 Å². The van der Waals surface area contributed by atoms with E-state index in [1.807, 2.05) is 0 Å². The van der Waals surface area contributed by atoms with Crippen LogP contribution in [0.5, 0.6) is 0 Å². The fraction of sp³-hybridized carbons (Fsp3) is 0.667. The first-order valence-corrected chi connectivity index (χ1v) is 5.75. The molecule has 2 saturated carbocycles. The number of aliphatic carboxylic acids is 2. The van der Waals surface area contributed by atoms with Crippen molar-refractivity contribution >= 4 is 11.9 Å². The van der Waals surface area contributed by atoms with Crippen molar-refractivity contribution in [3.63, 3.8) is 0 Å². The number of carbonyl (C=O) groups is 2. The predicted octanol–water partition coefficient (Wildman–Crippen LogP) is 1.52. The lowest BCUT2D eigenvalue weighted by Gasteiger charge is -2.20. The number of fused-ring (bicyclic) bond motifs is 4. The first kappa shape index (κ1) is 9.87. The molecule has 0 heterocycles. The third-order valence-electron chi connectivity index (χ3n) is 4.52. The third kappa shape index (κ3) is 1.16. The minimum Gasteiger partial charge on any atom is -0.481 e. The molecule has 0 aromatic rings. The molecular formula is C12H14O4. The average Bonchev–Trinajstić information content (AvgIpc) is 2.87. The molecule has 0 saturated heterocycles. The van der Waals surface area contributed by atoms with Gasteiger partial charge >= 0.3 is 11.9 Å². The Hall–Kier alpha value is -1.32. The Balaban J connectivity index is 1.91. The number of carboxylic acids is 2. The third-order valence-corrected chi connectivity index (χ3v) is 4.52. The van der Waals surface area contributed by atoms with Crippen LogP contribution in [0.4, 0.5) is 0 Å². The normalized spacial score (nSPS) is 40.2. The van der Waals surface area contributed by atoms with Crippen molar-refractivity contribution in [1.82, 2.24) is 0 Å². The van der Waals surface area contributed by atoms with E-state index in [4.69, 9.17) is 10.2 Å². The highest BCUT2D eigenvalue weighted by Crippen LogP contribution is 2.58. The zero-order valence-electron chi connectivity index (χ0n) is 8.85. The Kier molecular flexibility index (Phi) is 1.91. The average molecular weight is 222 g/mol. The van der Waals surface area contributed by atoms with Crippen LogP contribution in [0.1, 0.15) is 25.7 Å². The van der Waals surface area contributed by atoms with Crippen molar-refractivity contribution < 1.29 is 19.8 Å². The molecule has 0 spiro atoms. The van der Waals surface area contributed by atoms with E-state index in [0.717, 1.165) is 24.8 Å². The molecule has 0 aliphatic heterocycles. The monoisotopic (exact) mass is 222 g/mol. The summed E-state index contributed by atoms with van der Waals surface area (Å²) in [6.07, 6.45) is 2.95. The molecule has 2 N–H and O–H groups in total. The Morgan fingerprint density at radius 1 is 1.00 bits per heavy atom. The number of rotatable bonds is 2. The van der Waals surface area contributed by atoms with Gasteiger partial charge in [0.15, 0.2) is 0 Å². The Labute approximate surface area is 93.0 Å². The van der Waals surface area contributed by atoms with Crippen LogP contribution in [-0.2, 0) is 9.59 Å². The smallest absolute Gasteiger partial charge is 0.310 e. The molecule has 4 atom stereocenters. The summed E-state index contributed by atoms with van der Waals surface area (Å²) in [6.45, 7) is 0. The van der Waals surface area contributed by atoms with E-state index in [1.54, 1.807) is 0 Å². The van der Waals surface area contributed by atoms with E-state index in [0.29, 0.717) is 18.3 Å². The molecule has 86 valence electrons. The van der Waals surface area contributed by atoms with Crippen molar-refractivity contribution in [2.75, 3.05) is 0 Å². The fourth-order valence-corrected chi connectivity index (χ4v) is 3.85. The Morgan fingerprint density at radius 2 is 1.75 bits per heavy atom. The summed E-state index contributed by atoms with van der Waals surface area (Å²) in [5.41, 5.74) is 2.24. The van der Waals surface area contributed by atoms with Gasteiger partial charge in [-0.1, -0.05) is 11.1 Å². The van der Waals surface area contributed by atoms with Crippen molar-refractivity contribution in [1.29, 1.82) is 0 Å². The van der Waals surface area contributed by atoms with Crippen molar-refractivity contribution in [2.45, 2.75) is 25.7 Å². The van der Waals surface area contributed by atoms with Gasteiger partial charge in [0.25, 0.3) is 0 Å². The van der Waals surface area contributed by atoms with Crippen LogP contribution in [0.2, 0.25) is 0 Å². The molecule has 3 aliphatic rings. The lowest BCUT2D eigenvalue weighted by Crippen LogP contribution is -2.19. The molecule has 2 fully saturated rings. The maximum absolute atomic E-state index is 11.0. The second kappa shape index (κ2) is 3.09. The van der Waals surface area contributed by atoms with Crippen LogP contribution in [0, 0.1) is 23.7 Å². The summed E-state index contributed by atoms with van der Waals surface area (Å²) in [7, 11) is 0. The zero-order valence-corrected chi connectivity index (χ0v) is 8.85. The number of hydrogen-bond donors (Lipinski definition) is 2. The summed E-state index contributed by atoms with van der Waals surface area (Å²) >= 11 is 0. The summed E-state index contributed by atoms with van der Waals surface area (Å²) in [4.78, 5) is 22.0. The molecule has 16 heavy (non-hydrogen) atoms. The van der Waals surface area contributed by atoms with Gasteiger partial charge in [-0.05, 0) is 37.5 Å². The number of hydrogen-bond acceptors (Lipinski definition) is 2. The van der Waals surface area contributed by atoms with E-state index in [1.165, 1.54) is 5.57 Å². The molecule has 4 heteroatoms. The van der Waals surface area contributed by atoms with Gasteiger partial charge in [-0.25, -0.2) is 0 Å². The van der Waals surface area contributed by atoms with Gasteiger partial charge in [-0.2, -0.15) is 0 Å². The van der Waals surface area contributed by atoms with Crippen LogP contribution in [0.25, 0.3) is 0 Å². The maximum atomic E-state index is 11.0. The molecule has 4 nitrogen and oxygen atoms in total. The molecule has 0 radical (unpaired) electrons. The van der Waals surface area contributed by atoms with Crippen LogP contribution >= 0.6 is 0 Å². The first-order chi connectivity index (χ1) is 7.58. The zero-order chi connectivity index (χ0) is 11.4. The Bertz CT molecular complexity index is 409. The second-order valence-electron chi connectivity index (χ2n) is 5.22. The number of allylic oxidation sites excluding steroid dienone is 1. The van der Waals surface area contributed by atoms with Crippen molar-refractivity contribution in [2.24, 2.45) is 23.7 Å². The van der Waals surface area contributed by atoms with Gasteiger partial charge in [0.1, 0.15) is 0 Å². The van der Waals surface area contributed by atoms with Gasteiger partial charge in [0, 0.05) is 0 Å². The largest absolute Gasteiger partial charge is 0.481 e. The first-order valence-electron chi connectivity index (χ1n) is 5.75. The highest BCUT2D eigenvalue weighted by atomic mass is 16.4. The highest BCUT2D eigenvalue weighted by Gasteiger charge is 2.51. The molecular weight excluding hydrogens is 208 g/mol. The fourth-order valence-electron chi connectivity index (χ4n) is 3.85. The van der Waals surface area contributed by atoms with Crippen molar-refractivity contribution in [3.05, 3.63) is 11.1 Å². The summed E-state index contributed by atoms with van der Waals surface area (Å²) < 4.78 is 0. The van der Waals surface area contributed by atoms with Gasteiger partial charge < -0.3 is 10.2 Å². The highest BCUT2D eigenvalue weighted by molar-refractivity contribution is 5.77. The predicted molar refractivity (Wildman–Crippen MR) is 54.7 cm³/mol. The molecule has 0 aromatic carbocycles.